The van der Waals surface area contributed by atoms with E-state index in [0.29, 0.717) is 42.6 Å². The van der Waals surface area contributed by atoms with Crippen molar-refractivity contribution in [3.05, 3.63) is 78.6 Å². The fraction of sp³-hybridized carbons (Fsp3) is 0.217. The van der Waals surface area contributed by atoms with Crippen LogP contribution in [0.2, 0.25) is 0 Å². The van der Waals surface area contributed by atoms with Gasteiger partial charge in [-0.2, -0.15) is 0 Å². The maximum Gasteiger partial charge on any atom is 0.322 e. The molecule has 0 bridgehead atoms. The number of urea groups is 1. The number of amides is 2. The summed E-state index contributed by atoms with van der Waals surface area (Å²) >= 11 is 0. The number of carbonyl (C=O) groups is 1. The van der Waals surface area contributed by atoms with Crippen LogP contribution < -0.4 is 14.8 Å². The standard InChI is InChI=1S/C23H25N3O4/c1-28-15-14-26(17-18-6-5-13-24-16-18)23(27)25-19-9-11-20(12-10-19)30-22-8-4-3-7-21(22)29-2/h3-13,16H,14-15,17H2,1-2H3,(H,25,27). The number of benzene rings is 2. The molecule has 1 aromatic heterocycles. The summed E-state index contributed by atoms with van der Waals surface area (Å²) in [6.07, 6.45) is 3.45. The highest BCUT2D eigenvalue weighted by atomic mass is 16.5. The number of rotatable bonds is 9. The van der Waals surface area contributed by atoms with E-state index >= 15 is 0 Å². The maximum absolute atomic E-state index is 12.8. The first kappa shape index (κ1) is 21.1. The van der Waals surface area contributed by atoms with Gasteiger partial charge < -0.3 is 24.4 Å². The lowest BCUT2D eigenvalue weighted by Gasteiger charge is -2.23. The molecule has 0 atom stereocenters. The predicted octanol–water partition coefficient (Wildman–Crippen LogP) is 4.56. The molecule has 0 spiro atoms. The van der Waals surface area contributed by atoms with Crippen molar-refractivity contribution < 1.29 is 19.0 Å². The highest BCUT2D eigenvalue weighted by Crippen LogP contribution is 2.31. The highest BCUT2D eigenvalue weighted by Gasteiger charge is 2.14. The van der Waals surface area contributed by atoms with Crippen LogP contribution in [0.25, 0.3) is 0 Å². The zero-order valence-electron chi connectivity index (χ0n) is 17.1. The minimum Gasteiger partial charge on any atom is -0.493 e. The van der Waals surface area contributed by atoms with Crippen molar-refractivity contribution in [1.82, 2.24) is 9.88 Å². The van der Waals surface area contributed by atoms with Crippen molar-refractivity contribution in [3.8, 4) is 17.2 Å². The van der Waals surface area contributed by atoms with Crippen molar-refractivity contribution in [2.24, 2.45) is 0 Å². The predicted molar refractivity (Wildman–Crippen MR) is 115 cm³/mol. The zero-order valence-corrected chi connectivity index (χ0v) is 17.1. The van der Waals surface area contributed by atoms with Gasteiger partial charge in [-0.15, -0.1) is 0 Å². The summed E-state index contributed by atoms with van der Waals surface area (Å²) in [5, 5.41) is 2.92. The number of nitrogens with zero attached hydrogens (tertiary/aromatic N) is 2. The van der Waals surface area contributed by atoms with E-state index in [9.17, 15) is 4.79 Å². The SMILES string of the molecule is COCCN(Cc1cccnc1)C(=O)Nc1ccc(Oc2ccccc2OC)cc1. The van der Waals surface area contributed by atoms with Gasteiger partial charge in [0.25, 0.3) is 0 Å². The second kappa shape index (κ2) is 10.8. The van der Waals surface area contributed by atoms with E-state index in [4.69, 9.17) is 14.2 Å². The molecule has 0 aliphatic carbocycles. The maximum atomic E-state index is 12.8. The molecule has 0 aliphatic heterocycles. The molecule has 3 aromatic rings. The average molecular weight is 407 g/mol. The molecule has 156 valence electrons. The molecule has 0 fully saturated rings. The van der Waals surface area contributed by atoms with Gasteiger partial charge in [0.2, 0.25) is 0 Å². The fourth-order valence-electron chi connectivity index (χ4n) is 2.80. The number of hydrogen-bond donors (Lipinski definition) is 1. The second-order valence-corrected chi connectivity index (χ2v) is 6.48. The summed E-state index contributed by atoms with van der Waals surface area (Å²) in [5.74, 6) is 1.92. The van der Waals surface area contributed by atoms with E-state index in [0.717, 1.165) is 5.56 Å². The molecule has 30 heavy (non-hydrogen) atoms. The molecule has 1 N–H and O–H groups in total. The third kappa shape index (κ3) is 5.96. The third-order valence-corrected chi connectivity index (χ3v) is 4.35. The number of aromatic nitrogens is 1. The van der Waals surface area contributed by atoms with E-state index in [2.05, 4.69) is 10.3 Å². The molecule has 2 aromatic carbocycles. The van der Waals surface area contributed by atoms with Crippen LogP contribution in [0.5, 0.6) is 17.2 Å². The summed E-state index contributed by atoms with van der Waals surface area (Å²) in [5.41, 5.74) is 1.62. The Balaban J connectivity index is 1.64. The Morgan fingerprint density at radius 3 is 2.43 bits per heavy atom. The van der Waals surface area contributed by atoms with Crippen molar-refractivity contribution in [3.63, 3.8) is 0 Å². The van der Waals surface area contributed by atoms with Gasteiger partial charge in [-0.05, 0) is 48.0 Å². The van der Waals surface area contributed by atoms with Gasteiger partial charge in [0.15, 0.2) is 11.5 Å². The smallest absolute Gasteiger partial charge is 0.322 e. The second-order valence-electron chi connectivity index (χ2n) is 6.48. The first-order chi connectivity index (χ1) is 14.7. The van der Waals surface area contributed by atoms with Crippen LogP contribution in [0, 0.1) is 0 Å². The molecule has 0 radical (unpaired) electrons. The number of ether oxygens (including phenoxy) is 3. The first-order valence-electron chi connectivity index (χ1n) is 9.54. The molecule has 7 nitrogen and oxygen atoms in total. The zero-order chi connectivity index (χ0) is 21.2. The number of carbonyl (C=O) groups excluding carboxylic acids is 1. The van der Waals surface area contributed by atoms with Crippen LogP contribution in [0.4, 0.5) is 10.5 Å². The van der Waals surface area contributed by atoms with Crippen molar-refractivity contribution in [1.29, 1.82) is 0 Å². The normalized spacial score (nSPS) is 10.3. The van der Waals surface area contributed by atoms with Crippen LogP contribution in [0.1, 0.15) is 5.56 Å². The number of hydrogen-bond acceptors (Lipinski definition) is 5. The Morgan fingerprint density at radius 2 is 1.77 bits per heavy atom. The summed E-state index contributed by atoms with van der Waals surface area (Å²) in [6.45, 7) is 1.35. The third-order valence-electron chi connectivity index (χ3n) is 4.35. The Bertz CT molecular complexity index is 933. The minimum absolute atomic E-state index is 0.214. The molecule has 0 unspecified atom stereocenters. The van der Waals surface area contributed by atoms with Gasteiger partial charge in [-0.25, -0.2) is 4.79 Å². The van der Waals surface area contributed by atoms with Gasteiger partial charge in [-0.1, -0.05) is 18.2 Å². The van der Waals surface area contributed by atoms with E-state index in [1.165, 1.54) is 0 Å². The van der Waals surface area contributed by atoms with Gasteiger partial charge in [-0.3, -0.25) is 4.98 Å². The molecule has 3 rings (SSSR count). The summed E-state index contributed by atoms with van der Waals surface area (Å²) < 4.78 is 16.3. The topological polar surface area (TPSA) is 72.9 Å². The summed E-state index contributed by atoms with van der Waals surface area (Å²) in [4.78, 5) is 18.6. The lowest BCUT2D eigenvalue weighted by atomic mass is 10.2. The molecule has 1 heterocycles. The van der Waals surface area contributed by atoms with Crippen molar-refractivity contribution in [2.75, 3.05) is 32.7 Å². The van der Waals surface area contributed by atoms with Crippen LogP contribution in [-0.4, -0.2) is 43.3 Å². The molecule has 2 amide bonds. The number of para-hydroxylation sites is 2. The average Bonchev–Trinajstić information content (AvgIpc) is 2.79. The largest absolute Gasteiger partial charge is 0.493 e. The van der Waals surface area contributed by atoms with Crippen molar-refractivity contribution >= 4 is 11.7 Å². The molecular formula is C23H25N3O4. The quantitative estimate of drug-likeness (QED) is 0.563. The van der Waals surface area contributed by atoms with E-state index in [1.54, 1.807) is 55.8 Å². The molecular weight excluding hydrogens is 382 g/mol. The number of pyridine rings is 1. The number of nitrogens with one attached hydrogen (secondary N) is 1. The Morgan fingerprint density at radius 1 is 1.00 bits per heavy atom. The fourth-order valence-corrected chi connectivity index (χ4v) is 2.80. The molecule has 7 heteroatoms. The van der Waals surface area contributed by atoms with Crippen LogP contribution >= 0.6 is 0 Å². The van der Waals surface area contributed by atoms with E-state index < -0.39 is 0 Å². The van der Waals surface area contributed by atoms with E-state index in [-0.39, 0.29) is 6.03 Å². The Hall–Kier alpha value is -3.58. The van der Waals surface area contributed by atoms with E-state index in [1.807, 2.05) is 36.4 Å². The van der Waals surface area contributed by atoms with Crippen molar-refractivity contribution in [2.45, 2.75) is 6.54 Å². The lowest BCUT2D eigenvalue weighted by Crippen LogP contribution is -2.36. The molecule has 0 saturated heterocycles. The monoisotopic (exact) mass is 407 g/mol. The number of methoxy groups -OCH3 is 2. The van der Waals surface area contributed by atoms with Gasteiger partial charge in [0, 0.05) is 38.3 Å². The minimum atomic E-state index is -0.214. The van der Waals surface area contributed by atoms with Gasteiger partial charge in [0.1, 0.15) is 5.75 Å². The number of anilines is 1. The highest BCUT2D eigenvalue weighted by molar-refractivity contribution is 5.89. The van der Waals surface area contributed by atoms with Crippen LogP contribution in [0.3, 0.4) is 0 Å². The molecule has 0 aliphatic rings. The summed E-state index contributed by atoms with van der Waals surface area (Å²) in [6, 6.07) is 18.2. The van der Waals surface area contributed by atoms with Crippen LogP contribution in [-0.2, 0) is 11.3 Å². The van der Waals surface area contributed by atoms with Gasteiger partial charge >= 0.3 is 6.03 Å². The summed E-state index contributed by atoms with van der Waals surface area (Å²) in [7, 11) is 3.21. The Labute approximate surface area is 176 Å². The molecule has 0 saturated carbocycles. The van der Waals surface area contributed by atoms with Gasteiger partial charge in [0.05, 0.1) is 13.7 Å². The van der Waals surface area contributed by atoms with Crippen LogP contribution in [0.15, 0.2) is 73.1 Å². The first-order valence-corrected chi connectivity index (χ1v) is 9.54. The Kier molecular flexibility index (Phi) is 7.63. The lowest BCUT2D eigenvalue weighted by molar-refractivity contribution is 0.153.